The molecule has 174 valence electrons. The molecule has 0 radical (unpaired) electrons. The van der Waals surface area contributed by atoms with E-state index in [-0.39, 0.29) is 11.9 Å². The lowest BCUT2D eigenvalue weighted by Crippen LogP contribution is -2.43. The molecular weight excluding hydrogens is 422 g/mol. The van der Waals surface area contributed by atoms with Crippen molar-refractivity contribution in [1.29, 1.82) is 0 Å². The molecule has 0 spiro atoms. The number of para-hydroxylation sites is 2. The number of hydrogen-bond donors (Lipinski definition) is 0. The number of rotatable bonds is 7. The topological polar surface area (TPSA) is 43.9 Å². The molecule has 5 nitrogen and oxygen atoms in total. The number of carbonyl (C=O) groups is 2. The average Bonchev–Trinajstić information content (AvgIpc) is 3.23. The molecular formula is C29H31N3O2. The van der Waals surface area contributed by atoms with Crippen molar-refractivity contribution in [2.45, 2.75) is 25.4 Å². The molecule has 0 saturated carbocycles. The molecule has 1 fully saturated rings. The van der Waals surface area contributed by atoms with Gasteiger partial charge in [-0.05, 0) is 67.2 Å². The number of nitrogens with zero attached hydrogens (tertiary/aromatic N) is 3. The van der Waals surface area contributed by atoms with E-state index in [2.05, 4.69) is 21.9 Å². The SMILES string of the molecule is O=CC1c2ccccc2CN1CC1CCN(CC(=O)N(c2ccccc2)c2ccccc2)CC1. The number of carbonyl (C=O) groups excluding carboxylic acids is 2. The van der Waals surface area contributed by atoms with E-state index in [1.54, 1.807) is 0 Å². The lowest BCUT2D eigenvalue weighted by Gasteiger charge is -2.35. The van der Waals surface area contributed by atoms with Crippen LogP contribution >= 0.6 is 0 Å². The summed E-state index contributed by atoms with van der Waals surface area (Å²) >= 11 is 0. The van der Waals surface area contributed by atoms with Crippen LogP contribution in [0.25, 0.3) is 0 Å². The fraction of sp³-hybridized carbons (Fsp3) is 0.310. The molecule has 2 aliphatic heterocycles. The largest absolute Gasteiger partial charge is 0.301 e. The Morgan fingerprint density at radius 1 is 0.853 bits per heavy atom. The van der Waals surface area contributed by atoms with Gasteiger partial charge >= 0.3 is 0 Å². The second-order valence-corrected chi connectivity index (χ2v) is 9.33. The summed E-state index contributed by atoms with van der Waals surface area (Å²) in [5, 5.41) is 0. The summed E-state index contributed by atoms with van der Waals surface area (Å²) in [5.74, 6) is 0.634. The lowest BCUT2D eigenvalue weighted by atomic mass is 9.95. The van der Waals surface area contributed by atoms with Crippen LogP contribution in [-0.2, 0) is 16.1 Å². The van der Waals surface area contributed by atoms with Gasteiger partial charge < -0.3 is 4.79 Å². The van der Waals surface area contributed by atoms with Crippen LogP contribution in [0.1, 0.15) is 30.0 Å². The fourth-order valence-electron chi connectivity index (χ4n) is 5.33. The lowest BCUT2D eigenvalue weighted by molar-refractivity contribution is -0.119. The molecule has 2 aliphatic rings. The molecule has 34 heavy (non-hydrogen) atoms. The van der Waals surface area contributed by atoms with E-state index >= 15 is 0 Å². The smallest absolute Gasteiger partial charge is 0.245 e. The van der Waals surface area contributed by atoms with Crippen molar-refractivity contribution in [2.75, 3.05) is 31.1 Å². The minimum atomic E-state index is -0.124. The van der Waals surface area contributed by atoms with E-state index in [0.717, 1.165) is 62.2 Å². The van der Waals surface area contributed by atoms with Crippen LogP contribution in [0.3, 0.4) is 0 Å². The zero-order chi connectivity index (χ0) is 23.3. The Morgan fingerprint density at radius 2 is 1.44 bits per heavy atom. The first-order chi connectivity index (χ1) is 16.7. The monoisotopic (exact) mass is 453 g/mol. The molecule has 0 aromatic heterocycles. The molecule has 3 aromatic rings. The Hall–Kier alpha value is -3.28. The van der Waals surface area contributed by atoms with Gasteiger partial charge in [0.15, 0.2) is 0 Å². The molecule has 1 amide bonds. The molecule has 1 unspecified atom stereocenters. The van der Waals surface area contributed by atoms with Gasteiger partial charge in [-0.2, -0.15) is 0 Å². The van der Waals surface area contributed by atoms with Gasteiger partial charge in [0.1, 0.15) is 6.29 Å². The van der Waals surface area contributed by atoms with Crippen LogP contribution in [0.15, 0.2) is 84.9 Å². The van der Waals surface area contributed by atoms with Gasteiger partial charge in [0, 0.05) is 24.5 Å². The van der Waals surface area contributed by atoms with E-state index < -0.39 is 0 Å². The van der Waals surface area contributed by atoms with Crippen molar-refractivity contribution < 1.29 is 9.59 Å². The van der Waals surface area contributed by atoms with E-state index in [9.17, 15) is 9.59 Å². The zero-order valence-electron chi connectivity index (χ0n) is 19.4. The van der Waals surface area contributed by atoms with Crippen molar-refractivity contribution in [3.8, 4) is 0 Å². The maximum atomic E-state index is 13.4. The molecule has 2 heterocycles. The quantitative estimate of drug-likeness (QED) is 0.481. The van der Waals surface area contributed by atoms with Crippen LogP contribution in [0.5, 0.6) is 0 Å². The molecule has 0 aliphatic carbocycles. The molecule has 5 rings (SSSR count). The van der Waals surface area contributed by atoms with Gasteiger partial charge in [0.2, 0.25) is 5.91 Å². The number of benzene rings is 3. The van der Waals surface area contributed by atoms with Crippen LogP contribution < -0.4 is 4.90 Å². The average molecular weight is 454 g/mol. The van der Waals surface area contributed by atoms with E-state index in [0.29, 0.717) is 12.5 Å². The van der Waals surface area contributed by atoms with Crippen molar-refractivity contribution >= 4 is 23.6 Å². The van der Waals surface area contributed by atoms with Gasteiger partial charge in [-0.15, -0.1) is 0 Å². The molecule has 0 N–H and O–H groups in total. The molecule has 3 aromatic carbocycles. The minimum Gasteiger partial charge on any atom is -0.301 e. The number of anilines is 2. The Bertz CT molecular complexity index is 1070. The standard InChI is InChI=1S/C29H31N3O2/c33-22-28-27-14-8-7-9-24(27)20-31(28)19-23-15-17-30(18-16-23)21-29(34)32(25-10-3-1-4-11-25)26-12-5-2-6-13-26/h1-14,22-23,28H,15-21H2. The highest BCUT2D eigenvalue weighted by atomic mass is 16.2. The number of piperidine rings is 1. The van der Waals surface area contributed by atoms with Gasteiger partial charge in [-0.1, -0.05) is 60.7 Å². The van der Waals surface area contributed by atoms with Gasteiger partial charge in [-0.3, -0.25) is 19.5 Å². The van der Waals surface area contributed by atoms with E-state index in [1.807, 2.05) is 77.7 Å². The highest BCUT2D eigenvalue weighted by molar-refractivity contribution is 6.01. The molecule has 1 atom stereocenters. The van der Waals surface area contributed by atoms with Crippen molar-refractivity contribution in [3.05, 3.63) is 96.1 Å². The van der Waals surface area contributed by atoms with Crippen LogP contribution in [0.2, 0.25) is 0 Å². The third kappa shape index (κ3) is 4.81. The number of aldehydes is 1. The summed E-state index contributed by atoms with van der Waals surface area (Å²) in [6, 6.07) is 27.9. The van der Waals surface area contributed by atoms with Gasteiger partial charge in [0.25, 0.3) is 0 Å². The first-order valence-electron chi connectivity index (χ1n) is 12.2. The van der Waals surface area contributed by atoms with Crippen LogP contribution in [0.4, 0.5) is 11.4 Å². The predicted molar refractivity (Wildman–Crippen MR) is 135 cm³/mol. The summed E-state index contributed by atoms with van der Waals surface area (Å²) in [5.41, 5.74) is 4.20. The number of likely N-dealkylation sites (tertiary alicyclic amines) is 1. The Labute approximate surface area is 201 Å². The third-order valence-corrected chi connectivity index (χ3v) is 7.11. The maximum absolute atomic E-state index is 13.4. The summed E-state index contributed by atoms with van der Waals surface area (Å²) in [6.07, 6.45) is 3.17. The normalized spacial score (nSPS) is 19.0. The Kier molecular flexibility index (Phi) is 6.84. The van der Waals surface area contributed by atoms with Crippen LogP contribution in [0, 0.1) is 5.92 Å². The van der Waals surface area contributed by atoms with Crippen LogP contribution in [-0.4, -0.2) is 48.2 Å². The predicted octanol–water partition coefficient (Wildman–Crippen LogP) is 4.82. The van der Waals surface area contributed by atoms with E-state index in [4.69, 9.17) is 0 Å². The fourth-order valence-corrected chi connectivity index (χ4v) is 5.33. The summed E-state index contributed by atoms with van der Waals surface area (Å²) in [6.45, 7) is 3.99. The molecule has 1 saturated heterocycles. The number of fused-ring (bicyclic) bond motifs is 1. The second kappa shape index (κ2) is 10.3. The van der Waals surface area contributed by atoms with Crippen molar-refractivity contribution in [2.24, 2.45) is 5.92 Å². The zero-order valence-corrected chi connectivity index (χ0v) is 19.4. The molecule has 5 heteroatoms. The minimum absolute atomic E-state index is 0.0897. The number of amides is 1. The second-order valence-electron chi connectivity index (χ2n) is 9.33. The van der Waals surface area contributed by atoms with Gasteiger partial charge in [0.05, 0.1) is 12.6 Å². The van der Waals surface area contributed by atoms with Crippen molar-refractivity contribution in [3.63, 3.8) is 0 Å². The summed E-state index contributed by atoms with van der Waals surface area (Å²) < 4.78 is 0. The molecule has 0 bridgehead atoms. The highest BCUT2D eigenvalue weighted by Gasteiger charge is 2.32. The van der Waals surface area contributed by atoms with E-state index in [1.165, 1.54) is 5.56 Å². The third-order valence-electron chi connectivity index (χ3n) is 7.11. The first-order valence-corrected chi connectivity index (χ1v) is 12.2. The number of hydrogen-bond acceptors (Lipinski definition) is 4. The summed E-state index contributed by atoms with van der Waals surface area (Å²) in [7, 11) is 0. The maximum Gasteiger partial charge on any atom is 0.245 e. The van der Waals surface area contributed by atoms with Crippen molar-refractivity contribution in [1.82, 2.24) is 9.80 Å². The summed E-state index contributed by atoms with van der Waals surface area (Å²) in [4.78, 5) is 31.6. The Balaban J connectivity index is 1.19. The Morgan fingerprint density at radius 3 is 2.06 bits per heavy atom. The van der Waals surface area contributed by atoms with Gasteiger partial charge in [-0.25, -0.2) is 0 Å². The first kappa shape index (κ1) is 22.5. The highest BCUT2D eigenvalue weighted by Crippen LogP contribution is 2.34.